The number of aliphatic carboxylic acids is 3. The molecular weight excluding hydrogens is 685 g/mol. The molecule has 48 heavy (non-hydrogen) atoms. The van der Waals surface area contributed by atoms with E-state index in [1.807, 2.05) is 0 Å². The van der Waals surface area contributed by atoms with Gasteiger partial charge in [-0.1, -0.05) is 72.6 Å². The van der Waals surface area contributed by atoms with E-state index in [4.69, 9.17) is 54.7 Å². The van der Waals surface area contributed by atoms with Gasteiger partial charge in [-0.2, -0.15) is 8.42 Å². The second kappa shape index (κ2) is 29.6. The molecule has 0 atom stereocenters. The quantitative estimate of drug-likeness (QED) is 0.115. The summed E-state index contributed by atoms with van der Waals surface area (Å²) in [5.41, 5.74) is 15.9. The number of hydrogen-bond donors (Lipinski definition) is 8. The van der Waals surface area contributed by atoms with Crippen LogP contribution in [-0.2, 0) is 29.6 Å². The van der Waals surface area contributed by atoms with Crippen molar-refractivity contribution in [2.45, 2.75) is 137 Å². The molecule has 0 spiro atoms. The van der Waals surface area contributed by atoms with E-state index < -0.39 is 28.3 Å². The van der Waals surface area contributed by atoms with Crippen LogP contribution in [0.4, 0.5) is 0 Å². The van der Waals surface area contributed by atoms with Crippen molar-refractivity contribution in [1.82, 2.24) is 0 Å². The molecule has 0 aliphatic heterocycles. The third-order valence-corrected chi connectivity index (χ3v) is 8.74. The van der Waals surface area contributed by atoms with Gasteiger partial charge in [-0.3, -0.25) is 28.3 Å². The maximum Gasteiger partial charge on any atom is 1.00 e. The van der Waals surface area contributed by atoms with Crippen LogP contribution in [0.2, 0.25) is 0 Å². The maximum absolute atomic E-state index is 10.9. The van der Waals surface area contributed by atoms with E-state index in [0.29, 0.717) is 13.1 Å². The van der Waals surface area contributed by atoms with Crippen LogP contribution >= 0.6 is 11.9 Å². The van der Waals surface area contributed by atoms with Crippen LogP contribution in [0.15, 0.2) is 0 Å². The Bertz CT molecular complexity index is 924. The van der Waals surface area contributed by atoms with Crippen molar-refractivity contribution in [3.05, 3.63) is 0 Å². The monoisotopic (exact) mass is 745 g/mol. The zero-order chi connectivity index (χ0) is 35.2. The molecule has 0 unspecified atom stereocenters. The summed E-state index contributed by atoms with van der Waals surface area (Å²) < 4.78 is 39.3. The fourth-order valence-corrected chi connectivity index (χ4v) is 6.56. The van der Waals surface area contributed by atoms with Crippen LogP contribution in [0.5, 0.6) is 0 Å². The van der Waals surface area contributed by atoms with E-state index in [9.17, 15) is 19.2 Å². The van der Waals surface area contributed by atoms with Gasteiger partial charge < -0.3 is 37.2 Å². The summed E-state index contributed by atoms with van der Waals surface area (Å²) in [5.74, 6) is -2.62. The Morgan fingerprint density at radius 2 is 0.771 bits per heavy atom. The van der Waals surface area contributed by atoms with E-state index in [2.05, 4.69) is 11.9 Å². The van der Waals surface area contributed by atoms with Crippen LogP contribution < -0.4 is 51.4 Å². The maximum atomic E-state index is 10.9. The molecule has 11 N–H and O–H groups in total. The van der Waals surface area contributed by atoms with Gasteiger partial charge >= 0.3 is 57.9 Å². The van der Waals surface area contributed by atoms with Crippen LogP contribution in [0.25, 0.3) is 0 Å². The van der Waals surface area contributed by atoms with Crippen molar-refractivity contribution in [1.29, 1.82) is 0 Å². The normalized spacial score (nSPS) is 18.3. The summed E-state index contributed by atoms with van der Waals surface area (Å²) >= 11 is 3.39. The average molecular weight is 746 g/mol. The number of hydrogen-bond acceptors (Lipinski definition) is 9. The molecule has 18 heteroatoms. The molecule has 0 aromatic rings. The van der Waals surface area contributed by atoms with Crippen molar-refractivity contribution in [2.24, 2.45) is 33.4 Å². The zero-order valence-corrected chi connectivity index (χ0v) is 30.5. The summed E-state index contributed by atoms with van der Waals surface area (Å²) in [6, 6.07) is 0. The molecule has 3 fully saturated rings. The molecule has 3 aliphatic rings. The summed E-state index contributed by atoms with van der Waals surface area (Å²) in [6.45, 7) is 1.05. The van der Waals surface area contributed by atoms with Gasteiger partial charge in [0.15, 0.2) is 0 Å². The van der Waals surface area contributed by atoms with Gasteiger partial charge in [0.25, 0.3) is 0 Å². The second-order valence-electron chi connectivity index (χ2n) is 12.4. The number of carbonyl (C=O) groups is 4. The number of carboxylic acid groups (broad SMARTS) is 3. The third kappa shape index (κ3) is 28.7. The number of halogens is 1. The molecular formula is C30H61ClN3NaO12S. The predicted octanol–water partition coefficient (Wildman–Crippen LogP) is 1.15. The second-order valence-corrected chi connectivity index (χ2v) is 13.3. The Hall–Kier alpha value is -1.08. The number of nitrogens with two attached hydrogens (primary N) is 3. The first-order valence-electron chi connectivity index (χ1n) is 15.1. The van der Waals surface area contributed by atoms with Crippen LogP contribution in [0.3, 0.4) is 0 Å². The largest absolute Gasteiger partial charge is 1.00 e. The van der Waals surface area contributed by atoms with Gasteiger partial charge in [0.1, 0.15) is 0 Å². The number of carboxylic acids is 3. The van der Waals surface area contributed by atoms with E-state index in [1.54, 1.807) is 0 Å². The first kappa shape index (κ1) is 56.3. The van der Waals surface area contributed by atoms with Gasteiger partial charge in [0, 0.05) is 6.42 Å². The summed E-state index contributed by atoms with van der Waals surface area (Å²) in [7, 11) is -4.67. The minimum absolute atomic E-state index is 0. The molecule has 0 radical (unpaired) electrons. The van der Waals surface area contributed by atoms with E-state index in [-0.39, 0.29) is 92.2 Å². The topological polar surface area (TPSA) is 305 Å². The van der Waals surface area contributed by atoms with Crippen molar-refractivity contribution < 1.29 is 86.2 Å². The molecule has 0 aromatic carbocycles. The van der Waals surface area contributed by atoms with Gasteiger partial charge in [0.05, 0.1) is 19.3 Å². The van der Waals surface area contributed by atoms with Crippen LogP contribution in [-0.4, -0.2) is 69.7 Å². The van der Waals surface area contributed by atoms with E-state index in [1.165, 1.54) is 12.8 Å². The molecule has 282 valence electrons. The first-order chi connectivity index (χ1) is 20.9. The predicted molar refractivity (Wildman–Crippen MR) is 179 cm³/mol. The Kier molecular flexibility index (Phi) is 34.8. The van der Waals surface area contributed by atoms with Gasteiger partial charge in [-0.05, 0) is 67.9 Å². The summed E-state index contributed by atoms with van der Waals surface area (Å²) in [6.07, 6.45) is 16.7. The molecule has 0 bridgehead atoms. The molecule has 3 saturated carbocycles. The zero-order valence-electron chi connectivity index (χ0n) is 27.0. The van der Waals surface area contributed by atoms with Crippen LogP contribution in [0, 0.1) is 16.2 Å². The summed E-state index contributed by atoms with van der Waals surface area (Å²) in [4.78, 5) is 42.7. The standard InChI is InChI=1S/C10H17NO3.2C9H17NO2.2CH4.ClO.Na.H2O4S/c11-8(12)6-10(7-9(13)14)4-2-1-3-5-10;2*10-7-9(6-8(11)12)4-2-1-3-5-9;;;1-2;;1-5(2,3)4/h1-7H2,(H2,11,12)(H,13,14);2*1-7,10H2,(H,11,12);2*1H4;;;(H2,1,2,3,4)/q;;;;;-1;+1;. The number of rotatable bonds is 10. The van der Waals surface area contributed by atoms with Crippen molar-refractivity contribution in [3.63, 3.8) is 0 Å². The number of primary amides is 1. The van der Waals surface area contributed by atoms with Crippen molar-refractivity contribution in [3.8, 4) is 0 Å². The van der Waals surface area contributed by atoms with Gasteiger partial charge in [-0.15, -0.1) is 0 Å². The van der Waals surface area contributed by atoms with E-state index >= 15 is 0 Å². The smallest absolute Gasteiger partial charge is 0.769 e. The average Bonchev–Trinajstić information content (AvgIpc) is 2.94. The molecule has 1 amide bonds. The van der Waals surface area contributed by atoms with E-state index in [0.717, 1.165) is 83.5 Å². The number of amides is 1. The van der Waals surface area contributed by atoms with Gasteiger partial charge in [0.2, 0.25) is 5.91 Å². The fraction of sp³-hybridized carbons (Fsp3) is 0.867. The number of carbonyl (C=O) groups excluding carboxylic acids is 1. The first-order valence-corrected chi connectivity index (χ1v) is 16.8. The Balaban J connectivity index is -0.000000171. The van der Waals surface area contributed by atoms with Crippen molar-refractivity contribution in [2.75, 3.05) is 13.1 Å². The molecule has 0 heterocycles. The minimum atomic E-state index is -4.67. The van der Waals surface area contributed by atoms with Crippen LogP contribution in [0.1, 0.15) is 137 Å². The summed E-state index contributed by atoms with van der Waals surface area (Å²) in [5, 5.41) is 26.2. The Morgan fingerprint density at radius 1 is 0.562 bits per heavy atom. The molecule has 3 aliphatic carbocycles. The molecule has 0 saturated heterocycles. The Morgan fingerprint density at radius 3 is 0.958 bits per heavy atom. The minimum Gasteiger partial charge on any atom is -0.769 e. The SMILES string of the molecule is C.C.NC(=O)CC1(CC(=O)O)CCCCC1.NCC1(CC(=O)O)CCCCC1.NCC1(CC(=O)O)CCCCC1.O=S(=O)(O)O.[Na+].[O-]Cl. The van der Waals surface area contributed by atoms with Gasteiger partial charge in [-0.25, -0.2) is 11.9 Å². The fourth-order valence-electron chi connectivity index (χ4n) is 6.56. The van der Waals surface area contributed by atoms with Crippen molar-refractivity contribution >= 4 is 46.1 Å². The molecule has 15 nitrogen and oxygen atoms in total. The Labute approximate surface area is 314 Å². The third-order valence-electron chi connectivity index (χ3n) is 8.74. The molecule has 0 aromatic heterocycles. The molecule has 3 rings (SSSR count).